The van der Waals surface area contributed by atoms with Crippen molar-refractivity contribution in [1.82, 2.24) is 10.2 Å². The van der Waals surface area contributed by atoms with Crippen LogP contribution in [0.15, 0.2) is 29.2 Å². The van der Waals surface area contributed by atoms with Crippen LogP contribution in [0, 0.1) is 0 Å². The highest BCUT2D eigenvalue weighted by atomic mass is 32.2. The minimum absolute atomic E-state index is 0.0395. The van der Waals surface area contributed by atoms with Crippen molar-refractivity contribution < 1.29 is 22.8 Å². The molecule has 9 heteroatoms. The van der Waals surface area contributed by atoms with Gasteiger partial charge in [0.05, 0.1) is 16.4 Å². The Hall–Kier alpha value is -2.13. The Morgan fingerprint density at radius 3 is 2.54 bits per heavy atom. The minimum atomic E-state index is -3.12. The van der Waals surface area contributed by atoms with Gasteiger partial charge in [0.2, 0.25) is 5.91 Å². The number of nitrogens with zero attached hydrogens (tertiary/aromatic N) is 1. The standard InChI is InChI=1S/C19H22N2O5S2/c1-12(2)14-5-3-13(4-6-14)9-16-18(23)21(19(24)27-16)10-17(22)20-15-7-8-28(25,26)11-15/h3-6,9,12,15H,7-8,10-11H2,1-2H3,(H,20,22)/b16-9-/t15-/m1/s1. The number of nitrogens with one attached hydrogen (secondary N) is 1. The summed E-state index contributed by atoms with van der Waals surface area (Å²) in [6.45, 7) is 3.77. The van der Waals surface area contributed by atoms with E-state index < -0.39 is 39.5 Å². The monoisotopic (exact) mass is 422 g/mol. The molecule has 2 aliphatic heterocycles. The Labute approximate surface area is 168 Å². The van der Waals surface area contributed by atoms with Crippen molar-refractivity contribution in [3.8, 4) is 0 Å². The highest BCUT2D eigenvalue weighted by molar-refractivity contribution is 8.18. The van der Waals surface area contributed by atoms with Crippen LogP contribution in [0.3, 0.4) is 0 Å². The molecule has 0 saturated carbocycles. The van der Waals surface area contributed by atoms with Gasteiger partial charge in [-0.25, -0.2) is 8.42 Å². The molecule has 7 nitrogen and oxygen atoms in total. The first-order valence-electron chi connectivity index (χ1n) is 9.00. The molecule has 1 atom stereocenters. The summed E-state index contributed by atoms with van der Waals surface area (Å²) < 4.78 is 22.9. The van der Waals surface area contributed by atoms with Crippen LogP contribution in [0.25, 0.3) is 6.08 Å². The maximum atomic E-state index is 12.5. The molecule has 0 spiro atoms. The van der Waals surface area contributed by atoms with Gasteiger partial charge in [-0.05, 0) is 41.3 Å². The lowest BCUT2D eigenvalue weighted by atomic mass is 10.0. The molecule has 2 heterocycles. The van der Waals surface area contributed by atoms with Gasteiger partial charge < -0.3 is 5.32 Å². The molecule has 0 aliphatic carbocycles. The summed E-state index contributed by atoms with van der Waals surface area (Å²) in [6.07, 6.45) is 1.98. The fraction of sp³-hybridized carbons (Fsp3) is 0.421. The van der Waals surface area contributed by atoms with Gasteiger partial charge in [0.15, 0.2) is 9.84 Å². The van der Waals surface area contributed by atoms with Gasteiger partial charge in [-0.2, -0.15) is 0 Å². The second kappa shape index (κ2) is 8.08. The predicted octanol–water partition coefficient (Wildman–Crippen LogP) is 2.15. The molecule has 0 aromatic heterocycles. The Morgan fingerprint density at radius 2 is 1.96 bits per heavy atom. The van der Waals surface area contributed by atoms with Crippen LogP contribution < -0.4 is 5.32 Å². The smallest absolute Gasteiger partial charge is 0.294 e. The Bertz CT molecular complexity index is 936. The third-order valence-electron chi connectivity index (χ3n) is 4.67. The molecule has 1 N–H and O–H groups in total. The van der Waals surface area contributed by atoms with Gasteiger partial charge in [-0.1, -0.05) is 38.1 Å². The quantitative estimate of drug-likeness (QED) is 0.730. The second-order valence-corrected chi connectivity index (χ2v) is 10.5. The zero-order valence-electron chi connectivity index (χ0n) is 15.7. The van der Waals surface area contributed by atoms with E-state index in [4.69, 9.17) is 0 Å². The number of imide groups is 1. The van der Waals surface area contributed by atoms with Crippen molar-refractivity contribution in [2.75, 3.05) is 18.1 Å². The molecule has 2 aliphatic rings. The summed E-state index contributed by atoms with van der Waals surface area (Å²) in [5, 5.41) is 2.08. The largest absolute Gasteiger partial charge is 0.351 e. The summed E-state index contributed by atoms with van der Waals surface area (Å²) in [5.41, 5.74) is 1.98. The van der Waals surface area contributed by atoms with Crippen LogP contribution in [0.5, 0.6) is 0 Å². The van der Waals surface area contributed by atoms with Gasteiger partial charge >= 0.3 is 0 Å². The number of rotatable bonds is 5. The zero-order valence-corrected chi connectivity index (χ0v) is 17.3. The molecule has 2 fully saturated rings. The van der Waals surface area contributed by atoms with E-state index in [2.05, 4.69) is 19.2 Å². The lowest BCUT2D eigenvalue weighted by Crippen LogP contribution is -2.43. The maximum Gasteiger partial charge on any atom is 0.294 e. The van der Waals surface area contributed by atoms with Crippen molar-refractivity contribution in [2.24, 2.45) is 0 Å². The third kappa shape index (κ3) is 4.82. The lowest BCUT2D eigenvalue weighted by molar-refractivity contribution is -0.129. The molecular formula is C19H22N2O5S2. The number of thioether (sulfide) groups is 1. The van der Waals surface area contributed by atoms with E-state index in [9.17, 15) is 22.8 Å². The number of amides is 3. The Balaban J connectivity index is 1.63. The van der Waals surface area contributed by atoms with Crippen LogP contribution in [0.4, 0.5) is 4.79 Å². The van der Waals surface area contributed by atoms with Gasteiger partial charge in [-0.3, -0.25) is 19.3 Å². The number of benzene rings is 1. The molecule has 150 valence electrons. The average molecular weight is 423 g/mol. The first kappa shape index (κ1) is 20.6. The molecule has 3 amide bonds. The van der Waals surface area contributed by atoms with Crippen LogP contribution in [0.1, 0.15) is 37.3 Å². The summed E-state index contributed by atoms with van der Waals surface area (Å²) >= 11 is 0.794. The van der Waals surface area contributed by atoms with Gasteiger partial charge in [0, 0.05) is 6.04 Å². The van der Waals surface area contributed by atoms with E-state index in [0.717, 1.165) is 22.2 Å². The SMILES string of the molecule is CC(C)c1ccc(/C=C2\SC(=O)N(CC(=O)N[C@@H]3CCS(=O)(=O)C3)C2=O)cc1. The van der Waals surface area contributed by atoms with Crippen molar-refractivity contribution in [3.63, 3.8) is 0 Å². The maximum absolute atomic E-state index is 12.5. The number of carbonyl (C=O) groups is 3. The van der Waals surface area contributed by atoms with E-state index in [0.29, 0.717) is 12.3 Å². The third-order valence-corrected chi connectivity index (χ3v) is 7.35. The van der Waals surface area contributed by atoms with Crippen molar-refractivity contribution in [1.29, 1.82) is 0 Å². The lowest BCUT2D eigenvalue weighted by Gasteiger charge is -2.15. The molecule has 0 unspecified atom stereocenters. The van der Waals surface area contributed by atoms with Gasteiger partial charge in [-0.15, -0.1) is 0 Å². The van der Waals surface area contributed by atoms with E-state index in [-0.39, 0.29) is 16.4 Å². The fourth-order valence-electron chi connectivity index (χ4n) is 3.09. The summed E-state index contributed by atoms with van der Waals surface area (Å²) in [5.74, 6) is -0.719. The Morgan fingerprint density at radius 1 is 1.29 bits per heavy atom. The molecule has 2 saturated heterocycles. The van der Waals surface area contributed by atoms with Crippen LogP contribution in [-0.4, -0.2) is 54.5 Å². The average Bonchev–Trinajstić information content (AvgIpc) is 3.08. The highest BCUT2D eigenvalue weighted by Crippen LogP contribution is 2.32. The fourth-order valence-corrected chi connectivity index (χ4v) is 5.60. The topological polar surface area (TPSA) is 101 Å². The molecule has 0 radical (unpaired) electrons. The second-order valence-electron chi connectivity index (χ2n) is 7.26. The van der Waals surface area contributed by atoms with Crippen LogP contribution >= 0.6 is 11.8 Å². The molecular weight excluding hydrogens is 400 g/mol. The van der Waals surface area contributed by atoms with Crippen LogP contribution in [0.2, 0.25) is 0 Å². The molecule has 1 aromatic rings. The first-order valence-corrected chi connectivity index (χ1v) is 11.6. The summed E-state index contributed by atoms with van der Waals surface area (Å²) in [6, 6.07) is 7.26. The zero-order chi connectivity index (χ0) is 20.5. The molecule has 3 rings (SSSR count). The van der Waals surface area contributed by atoms with E-state index >= 15 is 0 Å². The summed E-state index contributed by atoms with van der Waals surface area (Å²) in [4.78, 5) is 38.0. The van der Waals surface area contributed by atoms with Gasteiger partial charge in [0.1, 0.15) is 6.54 Å². The number of carbonyl (C=O) groups excluding carboxylic acids is 3. The predicted molar refractivity (Wildman–Crippen MR) is 108 cm³/mol. The van der Waals surface area contributed by atoms with E-state index in [1.807, 2.05) is 24.3 Å². The number of hydrogen-bond acceptors (Lipinski definition) is 6. The van der Waals surface area contributed by atoms with E-state index in [1.54, 1.807) is 6.08 Å². The number of hydrogen-bond donors (Lipinski definition) is 1. The van der Waals surface area contributed by atoms with Crippen molar-refractivity contribution >= 4 is 44.7 Å². The van der Waals surface area contributed by atoms with Crippen molar-refractivity contribution in [3.05, 3.63) is 40.3 Å². The minimum Gasteiger partial charge on any atom is -0.351 e. The molecule has 28 heavy (non-hydrogen) atoms. The van der Waals surface area contributed by atoms with Gasteiger partial charge in [0.25, 0.3) is 11.1 Å². The Kier molecular flexibility index (Phi) is 5.95. The normalized spacial score (nSPS) is 23.0. The number of sulfone groups is 1. The summed E-state index contributed by atoms with van der Waals surface area (Å²) in [7, 11) is -3.12. The van der Waals surface area contributed by atoms with Crippen LogP contribution in [-0.2, 0) is 19.4 Å². The highest BCUT2D eigenvalue weighted by Gasteiger charge is 2.37. The van der Waals surface area contributed by atoms with Crippen molar-refractivity contribution in [2.45, 2.75) is 32.2 Å². The van der Waals surface area contributed by atoms with E-state index in [1.165, 1.54) is 5.56 Å². The molecule has 0 bridgehead atoms. The first-order chi connectivity index (χ1) is 13.1. The molecule has 1 aromatic carbocycles.